The summed E-state index contributed by atoms with van der Waals surface area (Å²) in [5, 5.41) is 42.8. The van der Waals surface area contributed by atoms with Crippen molar-refractivity contribution in [3.63, 3.8) is 0 Å². The molecule has 0 aromatic heterocycles. The highest BCUT2D eigenvalue weighted by molar-refractivity contribution is 5.98. The lowest BCUT2D eigenvalue weighted by Crippen LogP contribution is -2.15. The minimum absolute atomic E-state index is 0.0318. The first-order chi connectivity index (χ1) is 13.1. The van der Waals surface area contributed by atoms with Crippen LogP contribution in [0.3, 0.4) is 0 Å². The molecule has 0 aliphatic heterocycles. The van der Waals surface area contributed by atoms with E-state index in [0.29, 0.717) is 0 Å². The van der Waals surface area contributed by atoms with Gasteiger partial charge >= 0.3 is 11.9 Å². The number of phenols is 1. The molecule has 0 saturated heterocycles. The highest BCUT2D eigenvalue weighted by Gasteiger charge is 2.19. The summed E-state index contributed by atoms with van der Waals surface area (Å²) < 4.78 is 0. The Kier molecular flexibility index (Phi) is 8.34. The van der Waals surface area contributed by atoms with Gasteiger partial charge in [0, 0.05) is 37.8 Å². The Hall–Kier alpha value is -3.70. The number of carbonyl (C=O) groups is 4. The molecule has 0 aliphatic rings. The number of carboxylic acids is 2. The number of nitrogens with one attached hydrogen (secondary N) is 2. The van der Waals surface area contributed by atoms with E-state index in [9.17, 15) is 34.4 Å². The summed E-state index contributed by atoms with van der Waals surface area (Å²) in [6.07, 6.45) is -0.803. The Morgan fingerprint density at radius 1 is 0.857 bits per heavy atom. The molecule has 0 spiro atoms. The highest BCUT2D eigenvalue weighted by Crippen LogP contribution is 2.37. The predicted molar refractivity (Wildman–Crippen MR) is 95.0 cm³/mol. The third-order valence-corrected chi connectivity index (χ3v) is 3.44. The van der Waals surface area contributed by atoms with Gasteiger partial charge in [-0.15, -0.1) is 0 Å². The summed E-state index contributed by atoms with van der Waals surface area (Å²) in [5.74, 6) is -4.13. The second-order valence-electron chi connectivity index (χ2n) is 5.74. The number of carboxylic acid groups (broad SMARTS) is 2. The van der Waals surface area contributed by atoms with Gasteiger partial charge in [-0.25, -0.2) is 0 Å². The second kappa shape index (κ2) is 10.4. The Balaban J connectivity index is 2.91. The molecular formula is C16H19N3O9. The van der Waals surface area contributed by atoms with Crippen molar-refractivity contribution < 1.29 is 39.4 Å². The Morgan fingerprint density at radius 3 is 1.57 bits per heavy atom. The van der Waals surface area contributed by atoms with E-state index in [2.05, 4.69) is 10.6 Å². The number of hydrogen-bond acceptors (Lipinski definition) is 7. The maximum atomic E-state index is 11.8. The largest absolute Gasteiger partial charge is 0.504 e. The Bertz CT molecular complexity index is 737. The van der Waals surface area contributed by atoms with Gasteiger partial charge in [0.05, 0.1) is 16.3 Å². The highest BCUT2D eigenvalue weighted by atomic mass is 16.6. The van der Waals surface area contributed by atoms with Crippen molar-refractivity contribution in [1.29, 1.82) is 0 Å². The fraction of sp³-hybridized carbons (Fsp3) is 0.375. The number of phenolic OH excluding ortho intramolecular Hbond substituents is 1. The minimum atomic E-state index is -1.08. The molecule has 152 valence electrons. The van der Waals surface area contributed by atoms with E-state index in [4.69, 9.17) is 10.2 Å². The molecule has 0 bridgehead atoms. The molecule has 0 unspecified atom stereocenters. The molecule has 5 N–H and O–H groups in total. The van der Waals surface area contributed by atoms with Crippen LogP contribution >= 0.6 is 0 Å². The first kappa shape index (κ1) is 22.3. The summed E-state index contributed by atoms with van der Waals surface area (Å²) in [4.78, 5) is 54.8. The number of amides is 2. The van der Waals surface area contributed by atoms with Gasteiger partial charge in [-0.1, -0.05) is 0 Å². The Morgan fingerprint density at radius 2 is 1.25 bits per heavy atom. The van der Waals surface area contributed by atoms with Crippen molar-refractivity contribution in [3.8, 4) is 5.75 Å². The molecule has 12 heteroatoms. The maximum absolute atomic E-state index is 11.8. The predicted octanol–water partition coefficient (Wildman–Crippen LogP) is 1.69. The molecule has 0 heterocycles. The maximum Gasteiger partial charge on any atom is 0.303 e. The summed E-state index contributed by atoms with van der Waals surface area (Å²) in [5.41, 5.74) is -1.16. The van der Waals surface area contributed by atoms with Gasteiger partial charge in [0.1, 0.15) is 0 Å². The number of non-ortho nitro benzene ring substituents is 1. The van der Waals surface area contributed by atoms with Crippen LogP contribution in [-0.4, -0.2) is 44.0 Å². The lowest BCUT2D eigenvalue weighted by Gasteiger charge is -2.12. The van der Waals surface area contributed by atoms with Gasteiger partial charge in [0.25, 0.3) is 5.69 Å². The fourth-order valence-electron chi connectivity index (χ4n) is 2.14. The molecule has 12 nitrogen and oxygen atoms in total. The molecule has 0 saturated carbocycles. The van der Waals surface area contributed by atoms with Gasteiger partial charge in [-0.2, -0.15) is 0 Å². The number of rotatable bonds is 11. The number of carbonyl (C=O) groups excluding carboxylic acids is 2. The zero-order chi connectivity index (χ0) is 21.3. The number of aliphatic carboxylic acids is 2. The van der Waals surface area contributed by atoms with Crippen LogP contribution in [0.15, 0.2) is 12.1 Å². The van der Waals surface area contributed by atoms with Crippen molar-refractivity contribution in [2.24, 2.45) is 0 Å². The topological polar surface area (TPSA) is 196 Å². The summed E-state index contributed by atoms with van der Waals surface area (Å²) in [6.45, 7) is 0. The van der Waals surface area contributed by atoms with Gasteiger partial charge in [0.2, 0.25) is 11.8 Å². The number of nitro groups is 1. The van der Waals surface area contributed by atoms with Crippen LogP contribution in [0.4, 0.5) is 17.1 Å². The van der Waals surface area contributed by atoms with Crippen molar-refractivity contribution in [2.45, 2.75) is 38.5 Å². The van der Waals surface area contributed by atoms with E-state index in [0.717, 1.165) is 12.1 Å². The van der Waals surface area contributed by atoms with Crippen molar-refractivity contribution in [3.05, 3.63) is 22.2 Å². The molecule has 0 atom stereocenters. The van der Waals surface area contributed by atoms with E-state index in [-0.39, 0.29) is 49.9 Å². The summed E-state index contributed by atoms with van der Waals surface area (Å²) in [7, 11) is 0. The SMILES string of the molecule is O=C(O)CCCC(=O)Nc1cc([N+](=O)[O-])cc(NC(=O)CCCC(=O)O)c1O. The number of nitrogens with zero attached hydrogens (tertiary/aromatic N) is 1. The standard InChI is InChI=1S/C16H19N3O9/c20-12(3-1-5-14(22)23)17-10-7-9(19(27)28)8-11(16(10)26)18-13(21)4-2-6-15(24)25/h7-8,26H,1-6H2,(H,17,20)(H,18,21)(H,22,23)(H,24,25). The average molecular weight is 397 g/mol. The molecule has 0 fully saturated rings. The first-order valence-electron chi connectivity index (χ1n) is 8.14. The van der Waals surface area contributed by atoms with Gasteiger partial charge in [-0.05, 0) is 12.8 Å². The number of anilines is 2. The van der Waals surface area contributed by atoms with Crippen LogP contribution in [0.25, 0.3) is 0 Å². The Labute approximate surface area is 158 Å². The van der Waals surface area contributed by atoms with E-state index >= 15 is 0 Å². The monoisotopic (exact) mass is 397 g/mol. The summed E-state index contributed by atoms with van der Waals surface area (Å²) >= 11 is 0. The van der Waals surface area contributed by atoms with Gasteiger partial charge in [-0.3, -0.25) is 29.3 Å². The number of benzene rings is 1. The number of hydrogen-bond donors (Lipinski definition) is 5. The fourth-order valence-corrected chi connectivity index (χ4v) is 2.14. The van der Waals surface area contributed by atoms with Crippen LogP contribution in [0.2, 0.25) is 0 Å². The molecule has 28 heavy (non-hydrogen) atoms. The quantitative estimate of drug-likeness (QED) is 0.209. The van der Waals surface area contributed by atoms with E-state index < -0.39 is 40.1 Å². The molecule has 0 aliphatic carbocycles. The minimum Gasteiger partial charge on any atom is -0.504 e. The van der Waals surface area contributed by atoms with Crippen LogP contribution in [0, 0.1) is 10.1 Å². The zero-order valence-electron chi connectivity index (χ0n) is 14.6. The van der Waals surface area contributed by atoms with Crippen LogP contribution in [-0.2, 0) is 19.2 Å². The summed E-state index contributed by atoms with van der Waals surface area (Å²) in [6, 6.07) is 1.79. The molecule has 0 radical (unpaired) electrons. The van der Waals surface area contributed by atoms with Gasteiger partial charge in [0.15, 0.2) is 5.75 Å². The molecule has 1 aromatic rings. The van der Waals surface area contributed by atoms with Crippen LogP contribution < -0.4 is 10.6 Å². The van der Waals surface area contributed by atoms with Crippen LogP contribution in [0.1, 0.15) is 38.5 Å². The van der Waals surface area contributed by atoms with Crippen molar-refractivity contribution >= 4 is 40.8 Å². The van der Waals surface area contributed by atoms with Crippen molar-refractivity contribution in [1.82, 2.24) is 0 Å². The first-order valence-corrected chi connectivity index (χ1v) is 8.14. The second-order valence-corrected chi connectivity index (χ2v) is 5.74. The molecule has 1 aromatic carbocycles. The van der Waals surface area contributed by atoms with E-state index in [1.165, 1.54) is 0 Å². The number of nitro benzene ring substituents is 1. The number of aromatic hydroxyl groups is 1. The van der Waals surface area contributed by atoms with E-state index in [1.807, 2.05) is 0 Å². The van der Waals surface area contributed by atoms with Gasteiger partial charge < -0.3 is 26.0 Å². The average Bonchev–Trinajstić information content (AvgIpc) is 2.57. The van der Waals surface area contributed by atoms with Crippen LogP contribution in [0.5, 0.6) is 5.75 Å². The lowest BCUT2D eigenvalue weighted by atomic mass is 10.2. The molecule has 1 rings (SSSR count). The molecule has 2 amide bonds. The third-order valence-electron chi connectivity index (χ3n) is 3.44. The zero-order valence-corrected chi connectivity index (χ0v) is 14.6. The third kappa shape index (κ3) is 7.68. The lowest BCUT2D eigenvalue weighted by molar-refractivity contribution is -0.384. The normalized spacial score (nSPS) is 10.1. The molecular weight excluding hydrogens is 378 g/mol. The van der Waals surface area contributed by atoms with E-state index in [1.54, 1.807) is 0 Å². The smallest absolute Gasteiger partial charge is 0.303 e. The van der Waals surface area contributed by atoms with Crippen molar-refractivity contribution in [2.75, 3.05) is 10.6 Å².